The Labute approximate surface area is 180 Å². The van der Waals surface area contributed by atoms with Gasteiger partial charge >= 0.3 is 5.97 Å². The lowest BCUT2D eigenvalue weighted by Crippen LogP contribution is -2.51. The minimum atomic E-state index is -0.840. The molecule has 0 bridgehead atoms. The molecule has 1 fully saturated rings. The number of amides is 1. The summed E-state index contributed by atoms with van der Waals surface area (Å²) >= 11 is 6.14. The van der Waals surface area contributed by atoms with E-state index in [1.807, 2.05) is 19.9 Å². The highest BCUT2D eigenvalue weighted by atomic mass is 35.5. The molecular formula is C21H24ClN5O3. The van der Waals surface area contributed by atoms with E-state index in [4.69, 9.17) is 16.3 Å². The Morgan fingerprint density at radius 2 is 2.00 bits per heavy atom. The summed E-state index contributed by atoms with van der Waals surface area (Å²) in [6.45, 7) is 3.25. The SMILES string of the molecule is Cc1cc(C)n(-c2ccc(Cl)c(C(=O)OCC(=O)N(C)C3(C#N)CCCCC3)n2)n1. The van der Waals surface area contributed by atoms with E-state index < -0.39 is 24.0 Å². The molecule has 0 aliphatic heterocycles. The number of hydrogen-bond acceptors (Lipinski definition) is 6. The van der Waals surface area contributed by atoms with Crippen LogP contribution < -0.4 is 0 Å². The van der Waals surface area contributed by atoms with E-state index in [1.54, 1.807) is 17.8 Å². The van der Waals surface area contributed by atoms with Gasteiger partial charge in [-0.1, -0.05) is 30.9 Å². The molecule has 3 rings (SSSR count). The minimum absolute atomic E-state index is 0.0927. The Kier molecular flexibility index (Phi) is 6.42. The molecule has 1 aliphatic carbocycles. The van der Waals surface area contributed by atoms with Crippen molar-refractivity contribution >= 4 is 23.5 Å². The predicted molar refractivity (Wildman–Crippen MR) is 110 cm³/mol. The van der Waals surface area contributed by atoms with Crippen LogP contribution in [0.15, 0.2) is 18.2 Å². The Morgan fingerprint density at radius 1 is 1.30 bits per heavy atom. The molecule has 30 heavy (non-hydrogen) atoms. The normalized spacial score (nSPS) is 15.3. The van der Waals surface area contributed by atoms with Gasteiger partial charge in [0, 0.05) is 12.7 Å². The lowest BCUT2D eigenvalue weighted by molar-refractivity contribution is -0.138. The van der Waals surface area contributed by atoms with Gasteiger partial charge in [0.2, 0.25) is 0 Å². The molecule has 158 valence electrons. The summed E-state index contributed by atoms with van der Waals surface area (Å²) in [7, 11) is 1.58. The number of aryl methyl sites for hydroxylation is 2. The van der Waals surface area contributed by atoms with Gasteiger partial charge in [-0.15, -0.1) is 0 Å². The second-order valence-corrected chi connectivity index (χ2v) is 7.98. The van der Waals surface area contributed by atoms with Crippen LogP contribution in [-0.4, -0.2) is 50.7 Å². The maximum Gasteiger partial charge on any atom is 0.359 e. The van der Waals surface area contributed by atoms with Crippen LogP contribution in [0.3, 0.4) is 0 Å². The molecule has 0 unspecified atom stereocenters. The van der Waals surface area contributed by atoms with E-state index in [0.717, 1.165) is 30.7 Å². The number of nitrogens with zero attached hydrogens (tertiary/aromatic N) is 5. The third-order valence-corrected chi connectivity index (χ3v) is 5.79. The Hall–Kier alpha value is -2.92. The van der Waals surface area contributed by atoms with Crippen LogP contribution in [0.2, 0.25) is 5.02 Å². The average Bonchev–Trinajstić information content (AvgIpc) is 3.09. The lowest BCUT2D eigenvalue weighted by Gasteiger charge is -2.38. The highest BCUT2D eigenvalue weighted by Crippen LogP contribution is 2.32. The molecule has 8 nitrogen and oxygen atoms in total. The van der Waals surface area contributed by atoms with Crippen LogP contribution in [0.1, 0.15) is 54.0 Å². The van der Waals surface area contributed by atoms with Crippen molar-refractivity contribution < 1.29 is 14.3 Å². The molecule has 0 N–H and O–H groups in total. The van der Waals surface area contributed by atoms with Crippen molar-refractivity contribution in [3.63, 3.8) is 0 Å². The molecule has 1 aliphatic rings. The topological polar surface area (TPSA) is 101 Å². The number of ether oxygens (including phenoxy) is 1. The first kappa shape index (κ1) is 21.8. The van der Waals surface area contributed by atoms with E-state index >= 15 is 0 Å². The lowest BCUT2D eigenvalue weighted by atomic mass is 9.81. The quantitative estimate of drug-likeness (QED) is 0.675. The van der Waals surface area contributed by atoms with Gasteiger partial charge in [0.05, 0.1) is 16.8 Å². The molecule has 0 saturated heterocycles. The second-order valence-electron chi connectivity index (χ2n) is 7.57. The first-order valence-electron chi connectivity index (χ1n) is 9.82. The van der Waals surface area contributed by atoms with Gasteiger partial charge in [-0.05, 0) is 44.9 Å². The molecule has 2 aromatic heterocycles. The number of carbonyl (C=O) groups is 2. The number of rotatable bonds is 5. The summed E-state index contributed by atoms with van der Waals surface area (Å²) < 4.78 is 6.78. The number of carbonyl (C=O) groups excluding carboxylic acids is 2. The number of aromatic nitrogens is 3. The molecule has 2 heterocycles. The molecule has 0 spiro atoms. The van der Waals surface area contributed by atoms with Crippen molar-refractivity contribution in [2.24, 2.45) is 0 Å². The zero-order valence-electron chi connectivity index (χ0n) is 17.3. The van der Waals surface area contributed by atoms with Crippen LogP contribution in [0.5, 0.6) is 0 Å². The van der Waals surface area contributed by atoms with Crippen LogP contribution in [0, 0.1) is 25.2 Å². The number of nitriles is 1. The maximum atomic E-state index is 12.6. The minimum Gasteiger partial charge on any atom is -0.451 e. The summed E-state index contributed by atoms with van der Waals surface area (Å²) in [4.78, 5) is 30.8. The van der Waals surface area contributed by atoms with Gasteiger partial charge < -0.3 is 9.64 Å². The number of hydrogen-bond donors (Lipinski definition) is 0. The van der Waals surface area contributed by atoms with Crippen LogP contribution in [0.25, 0.3) is 5.82 Å². The predicted octanol–water partition coefficient (Wildman–Crippen LogP) is 3.38. The highest BCUT2D eigenvalue weighted by Gasteiger charge is 2.39. The molecular weight excluding hydrogens is 406 g/mol. The molecule has 1 amide bonds. The van der Waals surface area contributed by atoms with Gasteiger partial charge in [-0.2, -0.15) is 10.4 Å². The van der Waals surface area contributed by atoms with E-state index in [-0.39, 0.29) is 10.7 Å². The van der Waals surface area contributed by atoms with E-state index in [1.165, 1.54) is 11.0 Å². The van der Waals surface area contributed by atoms with Crippen molar-refractivity contribution in [3.05, 3.63) is 40.3 Å². The molecule has 1 saturated carbocycles. The van der Waals surface area contributed by atoms with Crippen molar-refractivity contribution in [1.29, 1.82) is 5.26 Å². The van der Waals surface area contributed by atoms with Crippen LogP contribution in [-0.2, 0) is 9.53 Å². The summed E-state index contributed by atoms with van der Waals surface area (Å²) in [6.07, 6.45) is 4.08. The Bertz CT molecular complexity index is 1000. The summed E-state index contributed by atoms with van der Waals surface area (Å²) in [6, 6.07) is 7.36. The zero-order valence-corrected chi connectivity index (χ0v) is 18.1. The third kappa shape index (κ3) is 4.31. The van der Waals surface area contributed by atoms with E-state index in [0.29, 0.717) is 18.7 Å². The fourth-order valence-corrected chi connectivity index (χ4v) is 3.93. The first-order valence-corrected chi connectivity index (χ1v) is 10.2. The monoisotopic (exact) mass is 429 g/mol. The number of pyridine rings is 1. The van der Waals surface area contributed by atoms with Gasteiger partial charge in [-0.3, -0.25) is 4.79 Å². The fourth-order valence-electron chi connectivity index (χ4n) is 3.74. The van der Waals surface area contributed by atoms with Gasteiger partial charge in [-0.25, -0.2) is 14.5 Å². The van der Waals surface area contributed by atoms with Crippen LogP contribution >= 0.6 is 11.6 Å². The fraction of sp³-hybridized carbons (Fsp3) is 0.476. The second kappa shape index (κ2) is 8.84. The molecule has 2 aromatic rings. The van der Waals surface area contributed by atoms with E-state index in [2.05, 4.69) is 16.2 Å². The van der Waals surface area contributed by atoms with Crippen molar-refractivity contribution in [3.8, 4) is 11.9 Å². The maximum absolute atomic E-state index is 12.6. The molecule has 0 aromatic carbocycles. The largest absolute Gasteiger partial charge is 0.451 e. The van der Waals surface area contributed by atoms with Gasteiger partial charge in [0.1, 0.15) is 5.54 Å². The molecule has 0 radical (unpaired) electrons. The van der Waals surface area contributed by atoms with Crippen molar-refractivity contribution in [2.45, 2.75) is 51.5 Å². The van der Waals surface area contributed by atoms with Crippen molar-refractivity contribution in [2.75, 3.05) is 13.7 Å². The standard InChI is InChI=1S/C21H24ClN5O3/c1-14-11-15(2)27(25-14)17-8-7-16(22)19(24-17)20(29)30-12-18(28)26(3)21(13-23)9-5-4-6-10-21/h7-8,11H,4-6,9-10,12H2,1-3H3. The van der Waals surface area contributed by atoms with Gasteiger partial charge in [0.15, 0.2) is 18.1 Å². The van der Waals surface area contributed by atoms with Crippen molar-refractivity contribution in [1.82, 2.24) is 19.7 Å². The smallest absolute Gasteiger partial charge is 0.359 e. The molecule has 0 atom stereocenters. The average molecular weight is 430 g/mol. The third-order valence-electron chi connectivity index (χ3n) is 5.48. The summed E-state index contributed by atoms with van der Waals surface area (Å²) in [5, 5.41) is 14.1. The first-order chi connectivity index (χ1) is 14.3. The Balaban J connectivity index is 1.72. The summed E-state index contributed by atoms with van der Waals surface area (Å²) in [5.74, 6) is -0.816. The summed E-state index contributed by atoms with van der Waals surface area (Å²) in [5.41, 5.74) is 0.737. The molecule has 9 heteroatoms. The Morgan fingerprint density at radius 3 is 2.60 bits per heavy atom. The zero-order chi connectivity index (χ0) is 21.9. The number of esters is 1. The van der Waals surface area contributed by atoms with E-state index in [9.17, 15) is 14.9 Å². The van der Waals surface area contributed by atoms with Crippen LogP contribution in [0.4, 0.5) is 0 Å². The number of likely N-dealkylation sites (N-methyl/N-ethyl adjacent to an activating group) is 1. The number of halogens is 1. The van der Waals surface area contributed by atoms with Gasteiger partial charge in [0.25, 0.3) is 5.91 Å². The highest BCUT2D eigenvalue weighted by molar-refractivity contribution is 6.33.